The Bertz CT molecular complexity index is 1500. The quantitative estimate of drug-likeness (QED) is 0.281. The molecule has 0 saturated heterocycles. The minimum atomic E-state index is -0.459. The Hall–Kier alpha value is -4.05. The van der Waals surface area contributed by atoms with E-state index < -0.39 is 5.97 Å². The predicted molar refractivity (Wildman–Crippen MR) is 134 cm³/mol. The van der Waals surface area contributed by atoms with Crippen LogP contribution in [0.15, 0.2) is 71.6 Å². The van der Waals surface area contributed by atoms with Crippen LogP contribution < -0.4 is 4.74 Å². The van der Waals surface area contributed by atoms with E-state index in [4.69, 9.17) is 9.47 Å². The number of carbonyl (C=O) groups excluding carboxylic acids is 1. The highest BCUT2D eigenvalue weighted by Crippen LogP contribution is 2.30. The highest BCUT2D eigenvalue weighted by molar-refractivity contribution is 9.10. The normalized spacial score (nSPS) is 11.1. The number of carbonyl (C=O) groups is 1. The van der Waals surface area contributed by atoms with Crippen LogP contribution in [0.5, 0.6) is 5.88 Å². The van der Waals surface area contributed by atoms with Gasteiger partial charge in [0, 0.05) is 6.20 Å². The van der Waals surface area contributed by atoms with Crippen molar-refractivity contribution in [1.82, 2.24) is 29.5 Å². The third-order valence-corrected chi connectivity index (χ3v) is 5.92. The van der Waals surface area contributed by atoms with Gasteiger partial charge < -0.3 is 9.47 Å². The Morgan fingerprint density at radius 3 is 2.49 bits per heavy atom. The second-order valence-corrected chi connectivity index (χ2v) is 8.39. The molecule has 0 spiro atoms. The van der Waals surface area contributed by atoms with E-state index in [9.17, 15) is 4.79 Å². The van der Waals surface area contributed by atoms with Gasteiger partial charge in [-0.05, 0) is 39.5 Å². The molecule has 9 nitrogen and oxygen atoms in total. The van der Waals surface area contributed by atoms with Crippen LogP contribution in [0.25, 0.3) is 28.1 Å². The number of hydrogen-bond donors (Lipinski definition) is 0. The number of hydrogen-bond acceptors (Lipinski definition) is 7. The summed E-state index contributed by atoms with van der Waals surface area (Å²) in [6.07, 6.45) is 2.93. The average Bonchev–Trinajstić information content (AvgIpc) is 3.50. The van der Waals surface area contributed by atoms with Crippen LogP contribution in [0.3, 0.4) is 0 Å². The van der Waals surface area contributed by atoms with Gasteiger partial charge in [0.1, 0.15) is 5.52 Å². The lowest BCUT2D eigenvalue weighted by Gasteiger charge is -2.09. The minimum Gasteiger partial charge on any atom is -0.479 e. The number of esters is 1. The van der Waals surface area contributed by atoms with E-state index in [-0.39, 0.29) is 12.6 Å². The Balaban J connectivity index is 1.47. The molecule has 3 aromatic heterocycles. The zero-order valence-electron chi connectivity index (χ0n) is 19.1. The monoisotopic (exact) mass is 532 g/mol. The second kappa shape index (κ2) is 9.67. The van der Waals surface area contributed by atoms with Crippen molar-refractivity contribution in [2.45, 2.75) is 13.5 Å². The van der Waals surface area contributed by atoms with Crippen LogP contribution in [-0.2, 0) is 11.3 Å². The Morgan fingerprint density at radius 2 is 1.77 bits per heavy atom. The fourth-order valence-corrected chi connectivity index (χ4v) is 4.19. The number of nitrogens with zero attached hydrogens (tertiary/aromatic N) is 6. The molecule has 0 amide bonds. The van der Waals surface area contributed by atoms with Crippen molar-refractivity contribution >= 4 is 32.9 Å². The first-order valence-electron chi connectivity index (χ1n) is 10.9. The van der Waals surface area contributed by atoms with Gasteiger partial charge in [0.25, 0.3) is 5.95 Å². The molecule has 3 heterocycles. The van der Waals surface area contributed by atoms with Gasteiger partial charge in [-0.25, -0.2) is 14.5 Å². The van der Waals surface area contributed by atoms with Gasteiger partial charge in [-0.2, -0.15) is 15.2 Å². The molecule has 5 rings (SSSR count). The van der Waals surface area contributed by atoms with E-state index in [1.807, 2.05) is 18.2 Å². The molecule has 2 aromatic carbocycles. The topological polar surface area (TPSA) is 96.9 Å². The summed E-state index contributed by atoms with van der Waals surface area (Å²) >= 11 is 3.51. The molecule has 0 fully saturated rings. The summed E-state index contributed by atoms with van der Waals surface area (Å²) in [4.78, 5) is 21.1. The fraction of sp³-hybridized carbons (Fsp3) is 0.160. The van der Waals surface area contributed by atoms with E-state index in [2.05, 4.69) is 72.5 Å². The molecular weight excluding hydrogens is 512 g/mol. The average molecular weight is 533 g/mol. The van der Waals surface area contributed by atoms with Crippen molar-refractivity contribution in [3.05, 3.63) is 82.7 Å². The number of fused-ring (bicyclic) bond motifs is 1. The molecule has 176 valence electrons. The largest absolute Gasteiger partial charge is 0.479 e. The van der Waals surface area contributed by atoms with Gasteiger partial charge in [-0.3, -0.25) is 4.68 Å². The molecule has 0 aliphatic heterocycles. The molecule has 35 heavy (non-hydrogen) atoms. The van der Waals surface area contributed by atoms with Crippen molar-refractivity contribution in [1.29, 1.82) is 0 Å². The first-order valence-corrected chi connectivity index (χ1v) is 11.7. The molecule has 0 unspecified atom stereocenters. The Labute approximate surface area is 209 Å². The summed E-state index contributed by atoms with van der Waals surface area (Å²) in [5, 5.41) is 8.82. The minimum absolute atomic E-state index is 0.248. The molecule has 10 heteroatoms. The van der Waals surface area contributed by atoms with Crippen LogP contribution in [0.1, 0.15) is 22.8 Å². The van der Waals surface area contributed by atoms with Crippen molar-refractivity contribution in [2.75, 3.05) is 13.7 Å². The summed E-state index contributed by atoms with van der Waals surface area (Å²) in [7, 11) is 1.54. The number of halogens is 1. The zero-order chi connectivity index (χ0) is 24.4. The SMILES string of the molecule is CCOC(=O)c1cnn(-c2nc(OC)c3c(n2)c(Br)nn3Cc2ccc(-c3ccccc3)cc2)c1. The standard InChI is InChI=1S/C25H21BrN6O3/c1-3-35-24(33)19-13-27-32(15-19)25-28-20-21(23(29-25)34-2)31(30-22(20)26)14-16-9-11-18(12-10-16)17-7-5-4-6-8-17/h4-13,15H,3,14H2,1-2H3. The molecule has 0 atom stereocenters. The zero-order valence-corrected chi connectivity index (χ0v) is 20.6. The number of benzene rings is 2. The second-order valence-electron chi connectivity index (χ2n) is 7.64. The predicted octanol–water partition coefficient (Wildman–Crippen LogP) is 4.68. The van der Waals surface area contributed by atoms with Gasteiger partial charge >= 0.3 is 5.97 Å². The molecular formula is C25H21BrN6O3. The number of methoxy groups -OCH3 is 1. The summed E-state index contributed by atoms with van der Waals surface area (Å²) < 4.78 is 14.4. The molecule has 0 saturated carbocycles. The van der Waals surface area contributed by atoms with E-state index in [0.29, 0.717) is 33.6 Å². The maximum Gasteiger partial charge on any atom is 0.341 e. The first-order chi connectivity index (χ1) is 17.1. The van der Waals surface area contributed by atoms with E-state index in [1.54, 1.807) is 18.7 Å². The first kappa shape index (κ1) is 22.7. The van der Waals surface area contributed by atoms with Crippen molar-refractivity contribution in [3.63, 3.8) is 0 Å². The van der Waals surface area contributed by atoms with Crippen LogP contribution in [0.4, 0.5) is 0 Å². The summed E-state index contributed by atoms with van der Waals surface area (Å²) in [6, 6.07) is 18.6. The van der Waals surface area contributed by atoms with Crippen molar-refractivity contribution in [3.8, 4) is 23.0 Å². The van der Waals surface area contributed by atoms with E-state index >= 15 is 0 Å². The van der Waals surface area contributed by atoms with Gasteiger partial charge in [0.15, 0.2) is 10.1 Å². The molecule has 0 aliphatic carbocycles. The molecule has 0 radical (unpaired) electrons. The lowest BCUT2D eigenvalue weighted by Crippen LogP contribution is -2.07. The smallest absolute Gasteiger partial charge is 0.341 e. The number of rotatable bonds is 7. The van der Waals surface area contributed by atoms with Crippen LogP contribution in [0, 0.1) is 0 Å². The van der Waals surface area contributed by atoms with Crippen molar-refractivity contribution < 1.29 is 14.3 Å². The highest BCUT2D eigenvalue weighted by atomic mass is 79.9. The fourth-order valence-electron chi connectivity index (χ4n) is 3.72. The number of aromatic nitrogens is 6. The van der Waals surface area contributed by atoms with Crippen LogP contribution >= 0.6 is 15.9 Å². The molecule has 5 aromatic rings. The Morgan fingerprint density at radius 1 is 1.03 bits per heavy atom. The molecule has 0 N–H and O–H groups in total. The maximum atomic E-state index is 12.0. The van der Waals surface area contributed by atoms with Gasteiger partial charge in [0.2, 0.25) is 5.88 Å². The van der Waals surface area contributed by atoms with Crippen LogP contribution in [-0.4, -0.2) is 49.2 Å². The molecule has 0 aliphatic rings. The Kier molecular flexibility index (Phi) is 6.28. The van der Waals surface area contributed by atoms with E-state index in [0.717, 1.165) is 11.1 Å². The van der Waals surface area contributed by atoms with Gasteiger partial charge in [-0.1, -0.05) is 54.6 Å². The van der Waals surface area contributed by atoms with Gasteiger partial charge in [-0.15, -0.1) is 0 Å². The summed E-state index contributed by atoms with van der Waals surface area (Å²) in [6.45, 7) is 2.53. The van der Waals surface area contributed by atoms with Crippen molar-refractivity contribution in [2.24, 2.45) is 0 Å². The third kappa shape index (κ3) is 4.52. The highest BCUT2D eigenvalue weighted by Gasteiger charge is 2.20. The lowest BCUT2D eigenvalue weighted by atomic mass is 10.0. The lowest BCUT2D eigenvalue weighted by molar-refractivity contribution is 0.0526. The summed E-state index contributed by atoms with van der Waals surface area (Å²) in [5.41, 5.74) is 4.91. The van der Waals surface area contributed by atoms with Crippen LogP contribution in [0.2, 0.25) is 0 Å². The maximum absolute atomic E-state index is 12.0. The number of ether oxygens (including phenoxy) is 2. The summed E-state index contributed by atoms with van der Waals surface area (Å²) in [5.74, 6) is 0.133. The van der Waals surface area contributed by atoms with E-state index in [1.165, 1.54) is 22.6 Å². The third-order valence-electron chi connectivity index (χ3n) is 5.39. The van der Waals surface area contributed by atoms with Gasteiger partial charge in [0.05, 0.1) is 32.0 Å². The molecule has 0 bridgehead atoms.